The summed E-state index contributed by atoms with van der Waals surface area (Å²) in [5, 5.41) is 30.4. The van der Waals surface area contributed by atoms with Crippen LogP contribution in [0.15, 0.2) is 77.4 Å². The molecule has 1 heterocycles. The van der Waals surface area contributed by atoms with E-state index in [1.807, 2.05) is 54.6 Å². The van der Waals surface area contributed by atoms with Gasteiger partial charge in [-0.05, 0) is 64.6 Å². The van der Waals surface area contributed by atoms with Crippen LogP contribution in [0.3, 0.4) is 0 Å². The lowest BCUT2D eigenvalue weighted by molar-refractivity contribution is 0.264. The molecule has 32 heavy (non-hydrogen) atoms. The normalized spacial score (nSPS) is 14.3. The van der Waals surface area contributed by atoms with Crippen LogP contribution in [0, 0.1) is 11.3 Å². The molecule has 5 heteroatoms. The lowest BCUT2D eigenvalue weighted by Crippen LogP contribution is -2.17. The third-order valence-electron chi connectivity index (χ3n) is 6.07. The third-order valence-corrected chi connectivity index (χ3v) is 6.60. The Bertz CT molecular complexity index is 1360. The number of benzene rings is 3. The van der Waals surface area contributed by atoms with Gasteiger partial charge in [0.2, 0.25) is 0 Å². The fourth-order valence-corrected chi connectivity index (χ4v) is 4.87. The Kier molecular flexibility index (Phi) is 5.26. The second-order valence-electron chi connectivity index (χ2n) is 7.89. The number of fused-ring (bicyclic) bond motifs is 3. The number of hydrogen-bond donors (Lipinski definition) is 2. The summed E-state index contributed by atoms with van der Waals surface area (Å²) in [4.78, 5) is 4.48. The molecule has 5 rings (SSSR count). The predicted molar refractivity (Wildman–Crippen MR) is 128 cm³/mol. The first-order chi connectivity index (χ1) is 15.6. The molecule has 1 aliphatic carbocycles. The first-order valence-electron chi connectivity index (χ1n) is 10.3. The molecule has 0 bridgehead atoms. The minimum Gasteiger partial charge on any atom is -0.507 e. The van der Waals surface area contributed by atoms with E-state index in [1.165, 1.54) is 0 Å². The molecule has 156 valence electrons. The van der Waals surface area contributed by atoms with Crippen molar-refractivity contribution in [1.82, 2.24) is 4.98 Å². The number of nitrogens with zero attached hydrogens (tertiary/aromatic N) is 2. The number of aromatic nitrogens is 1. The summed E-state index contributed by atoms with van der Waals surface area (Å²) in [6.07, 6.45) is 2.20. The minimum atomic E-state index is -0.164. The van der Waals surface area contributed by atoms with Crippen molar-refractivity contribution in [2.24, 2.45) is 0 Å². The zero-order chi connectivity index (χ0) is 22.2. The van der Waals surface area contributed by atoms with E-state index >= 15 is 0 Å². The second kappa shape index (κ2) is 8.23. The molecule has 0 saturated heterocycles. The Morgan fingerprint density at radius 2 is 1.75 bits per heavy atom. The van der Waals surface area contributed by atoms with Crippen LogP contribution >= 0.6 is 15.9 Å². The maximum Gasteiger partial charge on any atom is 0.123 e. The Morgan fingerprint density at radius 3 is 2.44 bits per heavy atom. The number of aliphatic hydroxyl groups excluding tert-OH is 1. The highest BCUT2D eigenvalue weighted by atomic mass is 79.9. The van der Waals surface area contributed by atoms with Gasteiger partial charge in [0.1, 0.15) is 11.8 Å². The molecule has 1 aliphatic rings. The zero-order valence-electron chi connectivity index (χ0n) is 17.1. The molecule has 0 fully saturated rings. The standard InChI is InChI=1S/C27H19BrN2O2/c28-19-7-5-17(6-8-19)20-9-11-25(32)27-22-3-1-2-21(23(22)12-18(15-31)26(20)27)24-10-4-16(13-29)14-30-24/h1-11,14,18,31-32H,12,15H2. The first kappa shape index (κ1) is 20.4. The molecule has 1 atom stereocenters. The van der Waals surface area contributed by atoms with Crippen molar-refractivity contribution in [1.29, 1.82) is 5.26 Å². The quantitative estimate of drug-likeness (QED) is 0.372. The van der Waals surface area contributed by atoms with E-state index in [9.17, 15) is 10.2 Å². The van der Waals surface area contributed by atoms with E-state index in [1.54, 1.807) is 18.3 Å². The SMILES string of the molecule is N#Cc1ccc(-c2cccc3c2CC(CO)c2c(-c4ccc(Br)cc4)ccc(O)c2-3)nc1. The van der Waals surface area contributed by atoms with Crippen molar-refractivity contribution in [2.45, 2.75) is 12.3 Å². The van der Waals surface area contributed by atoms with Crippen molar-refractivity contribution >= 4 is 15.9 Å². The van der Waals surface area contributed by atoms with Crippen molar-refractivity contribution in [3.05, 3.63) is 94.1 Å². The molecule has 0 saturated carbocycles. The van der Waals surface area contributed by atoms with Gasteiger partial charge in [-0.25, -0.2) is 0 Å². The van der Waals surface area contributed by atoms with Crippen LogP contribution < -0.4 is 0 Å². The van der Waals surface area contributed by atoms with Crippen molar-refractivity contribution in [3.8, 4) is 45.3 Å². The summed E-state index contributed by atoms with van der Waals surface area (Å²) in [5.41, 5.74) is 7.99. The first-order valence-corrected chi connectivity index (χ1v) is 11.1. The van der Waals surface area contributed by atoms with Crippen molar-refractivity contribution in [3.63, 3.8) is 0 Å². The second-order valence-corrected chi connectivity index (χ2v) is 8.80. The largest absolute Gasteiger partial charge is 0.507 e. The number of hydrogen-bond acceptors (Lipinski definition) is 4. The predicted octanol–water partition coefficient (Wildman–Crippen LogP) is 6.05. The van der Waals surface area contributed by atoms with Gasteiger partial charge in [0, 0.05) is 27.7 Å². The monoisotopic (exact) mass is 482 g/mol. The van der Waals surface area contributed by atoms with Crippen LogP contribution in [0.5, 0.6) is 5.75 Å². The van der Waals surface area contributed by atoms with Gasteiger partial charge in [0.25, 0.3) is 0 Å². The van der Waals surface area contributed by atoms with Crippen molar-refractivity contribution < 1.29 is 10.2 Å². The number of aromatic hydroxyl groups is 1. The van der Waals surface area contributed by atoms with Crippen molar-refractivity contribution in [2.75, 3.05) is 6.61 Å². The minimum absolute atomic E-state index is 0.0332. The summed E-state index contributed by atoms with van der Waals surface area (Å²) < 4.78 is 0.998. The number of phenols is 1. The number of aliphatic hydroxyl groups is 1. The fourth-order valence-electron chi connectivity index (χ4n) is 4.60. The number of halogens is 1. The van der Waals surface area contributed by atoms with Gasteiger partial charge < -0.3 is 10.2 Å². The van der Waals surface area contributed by atoms with E-state index < -0.39 is 0 Å². The molecule has 0 spiro atoms. The van der Waals surface area contributed by atoms with Gasteiger partial charge in [0.05, 0.1) is 17.9 Å². The van der Waals surface area contributed by atoms with Crippen LogP contribution in [-0.2, 0) is 6.42 Å². The molecule has 0 radical (unpaired) electrons. The van der Waals surface area contributed by atoms with E-state index in [4.69, 9.17) is 5.26 Å². The molecule has 3 aromatic carbocycles. The van der Waals surface area contributed by atoms with Crippen LogP contribution in [-0.4, -0.2) is 21.8 Å². The summed E-state index contributed by atoms with van der Waals surface area (Å²) in [5.74, 6) is 0.0352. The molecule has 4 aromatic rings. The number of phenolic OH excluding ortho intramolecular Hbond substituents is 1. The average molecular weight is 483 g/mol. The third kappa shape index (κ3) is 3.38. The number of pyridine rings is 1. The zero-order valence-corrected chi connectivity index (χ0v) is 18.7. The fraction of sp³-hybridized carbons (Fsp3) is 0.111. The Labute approximate surface area is 194 Å². The van der Waals surface area contributed by atoms with E-state index in [-0.39, 0.29) is 18.3 Å². The smallest absolute Gasteiger partial charge is 0.123 e. The van der Waals surface area contributed by atoms with Gasteiger partial charge in [-0.15, -0.1) is 0 Å². The Hall–Kier alpha value is -3.46. The molecule has 2 N–H and O–H groups in total. The summed E-state index contributed by atoms with van der Waals surface area (Å²) in [7, 11) is 0. The molecular weight excluding hydrogens is 464 g/mol. The van der Waals surface area contributed by atoms with Gasteiger partial charge in [-0.2, -0.15) is 5.26 Å². The van der Waals surface area contributed by atoms with Crippen LogP contribution in [0.25, 0.3) is 33.5 Å². The highest BCUT2D eigenvalue weighted by Crippen LogP contribution is 2.50. The van der Waals surface area contributed by atoms with Crippen LogP contribution in [0.4, 0.5) is 0 Å². The molecule has 1 unspecified atom stereocenters. The molecule has 1 aromatic heterocycles. The highest BCUT2D eigenvalue weighted by Gasteiger charge is 2.31. The van der Waals surface area contributed by atoms with E-state index in [0.717, 1.165) is 49.1 Å². The maximum absolute atomic E-state index is 10.9. The molecule has 0 amide bonds. The molecule has 4 nitrogen and oxygen atoms in total. The summed E-state index contributed by atoms with van der Waals surface area (Å²) in [6.45, 7) is -0.0332. The van der Waals surface area contributed by atoms with Gasteiger partial charge in [0.15, 0.2) is 0 Å². The highest BCUT2D eigenvalue weighted by molar-refractivity contribution is 9.10. The van der Waals surface area contributed by atoms with Gasteiger partial charge >= 0.3 is 0 Å². The van der Waals surface area contributed by atoms with E-state index in [0.29, 0.717) is 12.0 Å². The van der Waals surface area contributed by atoms with E-state index in [2.05, 4.69) is 27.0 Å². The topological polar surface area (TPSA) is 77.1 Å². The maximum atomic E-state index is 10.9. The van der Waals surface area contributed by atoms with Gasteiger partial charge in [-0.3, -0.25) is 4.98 Å². The lowest BCUT2D eigenvalue weighted by Gasteiger charge is -2.31. The Balaban J connectivity index is 1.75. The summed E-state index contributed by atoms with van der Waals surface area (Å²) >= 11 is 3.49. The van der Waals surface area contributed by atoms with Gasteiger partial charge in [-0.1, -0.05) is 52.3 Å². The van der Waals surface area contributed by atoms with Crippen LogP contribution in [0.1, 0.15) is 22.6 Å². The number of nitriles is 1. The molecule has 0 aliphatic heterocycles. The molecular formula is C27H19BrN2O2. The number of rotatable bonds is 3. The average Bonchev–Trinajstić information content (AvgIpc) is 2.84. The van der Waals surface area contributed by atoms with Crippen LogP contribution in [0.2, 0.25) is 0 Å². The lowest BCUT2D eigenvalue weighted by atomic mass is 9.74. The Morgan fingerprint density at radius 1 is 0.969 bits per heavy atom. The summed E-state index contributed by atoms with van der Waals surface area (Å²) in [6, 6.07) is 23.4.